The molecule has 0 radical (unpaired) electrons. The summed E-state index contributed by atoms with van der Waals surface area (Å²) in [5, 5.41) is 6.02. The molecule has 228 valence electrons. The van der Waals surface area contributed by atoms with Crippen molar-refractivity contribution >= 4 is 49.0 Å². The molecule has 41 heavy (non-hydrogen) atoms. The summed E-state index contributed by atoms with van der Waals surface area (Å²) in [4.78, 5) is 42.6. The molecule has 2 rings (SSSR count). The van der Waals surface area contributed by atoms with Crippen molar-refractivity contribution in [1.82, 2.24) is 0 Å². The lowest BCUT2D eigenvalue weighted by Crippen LogP contribution is -2.13. The SMILES string of the molecule is CCOP(=O)(OCC)c1ccc(NC(=O)CCCCCCCCCCCC(=O)Nc2ccc(P(=O)(O)O)cc2)cc1. The highest BCUT2D eigenvalue weighted by Crippen LogP contribution is 2.46. The van der Waals surface area contributed by atoms with Gasteiger partial charge in [-0.25, -0.2) is 0 Å². The topological polar surface area (TPSA) is 151 Å². The second kappa shape index (κ2) is 18.3. The van der Waals surface area contributed by atoms with Crippen LogP contribution in [-0.4, -0.2) is 34.8 Å². The van der Waals surface area contributed by atoms with Gasteiger partial charge in [0.2, 0.25) is 11.8 Å². The first kappa shape index (κ1) is 34.9. The molecule has 2 aromatic rings. The third-order valence-electron chi connectivity index (χ3n) is 6.36. The van der Waals surface area contributed by atoms with Gasteiger partial charge in [-0.2, -0.15) is 0 Å². The summed E-state index contributed by atoms with van der Waals surface area (Å²) in [6.07, 6.45) is 9.95. The number of benzene rings is 2. The third-order valence-corrected chi connectivity index (χ3v) is 9.46. The summed E-state index contributed by atoms with van der Waals surface area (Å²) >= 11 is 0. The van der Waals surface area contributed by atoms with Gasteiger partial charge in [0.1, 0.15) is 0 Å². The van der Waals surface area contributed by atoms with Gasteiger partial charge in [-0.05, 0) is 75.2 Å². The molecule has 0 aliphatic rings. The van der Waals surface area contributed by atoms with Gasteiger partial charge in [0.15, 0.2) is 0 Å². The Kier molecular flexibility index (Phi) is 15.5. The van der Waals surface area contributed by atoms with E-state index in [-0.39, 0.29) is 30.3 Å². The van der Waals surface area contributed by atoms with Gasteiger partial charge in [-0.15, -0.1) is 0 Å². The van der Waals surface area contributed by atoms with Crippen molar-refractivity contribution in [2.45, 2.75) is 84.5 Å². The molecule has 10 nitrogen and oxygen atoms in total. The van der Waals surface area contributed by atoms with Crippen molar-refractivity contribution in [3.63, 3.8) is 0 Å². The van der Waals surface area contributed by atoms with Gasteiger partial charge < -0.3 is 29.5 Å². The fourth-order valence-electron chi connectivity index (χ4n) is 4.25. The highest BCUT2D eigenvalue weighted by atomic mass is 31.2. The number of nitrogens with one attached hydrogen (secondary N) is 2. The molecule has 2 amide bonds. The predicted molar refractivity (Wildman–Crippen MR) is 163 cm³/mol. The average molecular weight is 611 g/mol. The number of carbonyl (C=O) groups is 2. The van der Waals surface area contributed by atoms with Gasteiger partial charge in [-0.3, -0.25) is 18.7 Å². The Morgan fingerprint density at radius 2 is 0.951 bits per heavy atom. The lowest BCUT2D eigenvalue weighted by Gasteiger charge is -2.17. The van der Waals surface area contributed by atoms with Crippen molar-refractivity contribution < 1.29 is 37.6 Å². The van der Waals surface area contributed by atoms with Gasteiger partial charge in [0.05, 0.1) is 23.8 Å². The van der Waals surface area contributed by atoms with Crippen LogP contribution in [0.2, 0.25) is 0 Å². The van der Waals surface area contributed by atoms with Crippen LogP contribution in [0.5, 0.6) is 0 Å². The van der Waals surface area contributed by atoms with E-state index in [1.807, 2.05) is 0 Å². The molecule has 0 atom stereocenters. The van der Waals surface area contributed by atoms with E-state index in [2.05, 4.69) is 10.6 Å². The van der Waals surface area contributed by atoms with E-state index >= 15 is 0 Å². The Labute approximate surface area is 243 Å². The Hall–Kier alpha value is -2.32. The van der Waals surface area contributed by atoms with E-state index in [0.29, 0.717) is 29.5 Å². The fraction of sp³-hybridized carbons (Fsp3) is 0.517. The summed E-state index contributed by atoms with van der Waals surface area (Å²) in [7, 11) is -7.61. The van der Waals surface area contributed by atoms with E-state index in [1.165, 1.54) is 24.3 Å². The molecule has 2 aromatic carbocycles. The van der Waals surface area contributed by atoms with Crippen LogP contribution < -0.4 is 21.2 Å². The molecule has 0 heterocycles. The maximum absolute atomic E-state index is 12.8. The lowest BCUT2D eigenvalue weighted by atomic mass is 10.1. The van der Waals surface area contributed by atoms with Crippen LogP contribution in [0.25, 0.3) is 0 Å². The lowest BCUT2D eigenvalue weighted by molar-refractivity contribution is -0.117. The average Bonchev–Trinajstić information content (AvgIpc) is 2.92. The molecule has 0 aliphatic carbocycles. The van der Waals surface area contributed by atoms with Gasteiger partial charge in [-0.1, -0.05) is 44.9 Å². The van der Waals surface area contributed by atoms with Crippen molar-refractivity contribution in [3.05, 3.63) is 48.5 Å². The van der Waals surface area contributed by atoms with Crippen LogP contribution in [0, 0.1) is 0 Å². The smallest absolute Gasteiger partial charge is 0.326 e. The van der Waals surface area contributed by atoms with Gasteiger partial charge in [0, 0.05) is 24.2 Å². The van der Waals surface area contributed by atoms with Crippen LogP contribution in [0.4, 0.5) is 11.4 Å². The number of rotatable bonds is 20. The Morgan fingerprint density at radius 3 is 1.29 bits per heavy atom. The Balaban J connectivity index is 1.49. The molecule has 0 aromatic heterocycles. The summed E-state index contributed by atoms with van der Waals surface area (Å²) in [6, 6.07) is 12.4. The second-order valence-electron chi connectivity index (χ2n) is 9.75. The molecule has 4 N–H and O–H groups in total. The Morgan fingerprint density at radius 1 is 0.610 bits per heavy atom. The van der Waals surface area contributed by atoms with E-state index in [4.69, 9.17) is 18.8 Å². The summed E-state index contributed by atoms with van der Waals surface area (Å²) in [6.45, 7) is 4.09. The minimum Gasteiger partial charge on any atom is -0.326 e. The number of amides is 2. The summed E-state index contributed by atoms with van der Waals surface area (Å²) in [5.74, 6) is -0.151. The molecule has 0 bridgehead atoms. The maximum atomic E-state index is 12.8. The highest BCUT2D eigenvalue weighted by Gasteiger charge is 2.26. The molecule has 0 aliphatic heterocycles. The summed E-state index contributed by atoms with van der Waals surface area (Å²) < 4.78 is 34.7. The summed E-state index contributed by atoms with van der Waals surface area (Å²) in [5.41, 5.74) is 1.17. The maximum Gasteiger partial charge on any atom is 0.361 e. The molecular weight excluding hydrogens is 566 g/mol. The number of hydrogen-bond donors (Lipinski definition) is 4. The van der Waals surface area contributed by atoms with Crippen LogP contribution in [-0.2, 0) is 27.8 Å². The molecule has 12 heteroatoms. The van der Waals surface area contributed by atoms with Gasteiger partial charge >= 0.3 is 15.2 Å². The van der Waals surface area contributed by atoms with E-state index in [9.17, 15) is 18.7 Å². The fourth-order valence-corrected chi connectivity index (χ4v) is 6.35. The van der Waals surface area contributed by atoms with E-state index in [0.717, 1.165) is 57.8 Å². The number of carbonyl (C=O) groups excluding carboxylic acids is 2. The molecule has 0 unspecified atom stereocenters. The third kappa shape index (κ3) is 13.5. The minimum absolute atomic E-state index is 0.0438. The van der Waals surface area contributed by atoms with E-state index in [1.54, 1.807) is 38.1 Å². The van der Waals surface area contributed by atoms with Crippen molar-refractivity contribution in [2.75, 3.05) is 23.8 Å². The quantitative estimate of drug-likeness (QED) is 0.101. The first-order valence-electron chi connectivity index (χ1n) is 14.3. The van der Waals surface area contributed by atoms with Crippen LogP contribution in [0.3, 0.4) is 0 Å². The normalized spacial score (nSPS) is 11.8. The largest absolute Gasteiger partial charge is 0.361 e. The van der Waals surface area contributed by atoms with Crippen molar-refractivity contribution in [3.8, 4) is 0 Å². The molecule has 0 spiro atoms. The standard InChI is InChI=1S/C29H44N2O8P2/c1-3-38-41(37,39-4-2)27-22-18-25(19-23-27)31-29(33)15-13-11-9-7-5-6-8-10-12-14-28(32)30-24-16-20-26(21-17-24)40(34,35)36/h16-23H,3-15H2,1-2H3,(H,30,32)(H,31,33)(H2,34,35,36). The van der Waals surface area contributed by atoms with Gasteiger partial charge in [0.25, 0.3) is 0 Å². The Bertz CT molecular complexity index is 1160. The van der Waals surface area contributed by atoms with Crippen molar-refractivity contribution in [2.24, 2.45) is 0 Å². The molecule has 0 saturated carbocycles. The van der Waals surface area contributed by atoms with Crippen LogP contribution in [0.1, 0.15) is 84.5 Å². The monoisotopic (exact) mass is 610 g/mol. The predicted octanol–water partition coefficient (Wildman–Crippen LogP) is 6.25. The zero-order valence-corrected chi connectivity index (χ0v) is 25.8. The molecular formula is C29H44N2O8P2. The molecule has 0 fully saturated rings. The number of unbranched alkanes of at least 4 members (excludes halogenated alkanes) is 8. The number of hydrogen-bond acceptors (Lipinski definition) is 6. The number of anilines is 2. The zero-order valence-electron chi connectivity index (χ0n) is 24.0. The minimum atomic E-state index is -4.28. The highest BCUT2D eigenvalue weighted by molar-refractivity contribution is 7.62. The molecule has 0 saturated heterocycles. The zero-order chi connectivity index (χ0) is 30.1. The van der Waals surface area contributed by atoms with Crippen molar-refractivity contribution in [1.29, 1.82) is 0 Å². The van der Waals surface area contributed by atoms with Crippen LogP contribution >= 0.6 is 15.2 Å². The first-order chi connectivity index (χ1) is 19.6. The van der Waals surface area contributed by atoms with E-state index < -0.39 is 15.2 Å². The first-order valence-corrected chi connectivity index (χ1v) is 17.5. The second-order valence-corrected chi connectivity index (χ2v) is 13.4. The van der Waals surface area contributed by atoms with Crippen LogP contribution in [0.15, 0.2) is 48.5 Å².